The van der Waals surface area contributed by atoms with Crippen LogP contribution in [0.3, 0.4) is 0 Å². The Balaban J connectivity index is 2.16. The lowest BCUT2D eigenvalue weighted by atomic mass is 9.87. The van der Waals surface area contributed by atoms with Crippen LogP contribution in [0.2, 0.25) is 0 Å². The Labute approximate surface area is 144 Å². The van der Waals surface area contributed by atoms with E-state index in [4.69, 9.17) is 10.7 Å². The molecule has 0 saturated carbocycles. The lowest BCUT2D eigenvalue weighted by molar-refractivity contribution is 0.590. The Kier molecular flexibility index (Phi) is 4.22. The van der Waals surface area contributed by atoms with Crippen LogP contribution < -0.4 is 5.73 Å². The normalized spacial score (nSPS) is 12.1. The Hall–Kier alpha value is -2.13. The number of aromatic nitrogens is 2. The van der Waals surface area contributed by atoms with Gasteiger partial charge in [0.1, 0.15) is 5.82 Å². The highest BCUT2D eigenvalue weighted by Crippen LogP contribution is 2.29. The maximum Gasteiger partial charge on any atom is 0.141 e. The molecule has 0 spiro atoms. The van der Waals surface area contributed by atoms with E-state index < -0.39 is 0 Å². The predicted molar refractivity (Wildman–Crippen MR) is 102 cm³/mol. The number of fused-ring (bicyclic) bond motifs is 1. The molecule has 0 aliphatic carbocycles. The molecule has 0 aliphatic heterocycles. The van der Waals surface area contributed by atoms with Gasteiger partial charge in [-0.2, -0.15) is 0 Å². The molecule has 1 heterocycles. The second kappa shape index (κ2) is 6.06. The quantitative estimate of drug-likeness (QED) is 0.767. The van der Waals surface area contributed by atoms with Gasteiger partial charge in [0.15, 0.2) is 0 Å². The van der Waals surface area contributed by atoms with Crippen molar-refractivity contribution in [2.24, 2.45) is 5.73 Å². The van der Waals surface area contributed by atoms with Crippen molar-refractivity contribution in [2.75, 3.05) is 6.54 Å². The number of rotatable bonds is 3. The number of hydrogen-bond acceptors (Lipinski definition) is 2. The van der Waals surface area contributed by atoms with Crippen molar-refractivity contribution in [2.45, 2.75) is 46.6 Å². The monoisotopic (exact) mass is 321 g/mol. The fourth-order valence-electron chi connectivity index (χ4n) is 3.08. The molecule has 3 nitrogen and oxygen atoms in total. The maximum atomic E-state index is 5.86. The molecule has 3 heteroatoms. The van der Waals surface area contributed by atoms with Crippen LogP contribution in [-0.4, -0.2) is 16.1 Å². The maximum absolute atomic E-state index is 5.86. The summed E-state index contributed by atoms with van der Waals surface area (Å²) in [7, 11) is 0. The zero-order valence-electron chi connectivity index (χ0n) is 15.4. The van der Waals surface area contributed by atoms with Crippen LogP contribution in [-0.2, 0) is 12.0 Å². The van der Waals surface area contributed by atoms with Crippen LogP contribution in [0.15, 0.2) is 36.4 Å². The van der Waals surface area contributed by atoms with Crippen molar-refractivity contribution in [3.8, 4) is 11.4 Å². The summed E-state index contributed by atoms with van der Waals surface area (Å²) >= 11 is 0. The molecule has 0 aliphatic rings. The van der Waals surface area contributed by atoms with Gasteiger partial charge in [0.2, 0.25) is 0 Å². The topological polar surface area (TPSA) is 43.8 Å². The molecule has 0 fully saturated rings. The van der Waals surface area contributed by atoms with Gasteiger partial charge in [-0.25, -0.2) is 4.98 Å². The first-order chi connectivity index (χ1) is 11.3. The number of benzene rings is 2. The first kappa shape index (κ1) is 16.7. The second-order valence-electron chi connectivity index (χ2n) is 7.63. The minimum Gasteiger partial charge on any atom is -0.329 e. The SMILES string of the molecule is Cc1cc2nc(-c3ccc(C(C)(C)C)cc3)n(CCN)c2cc1C. The molecule has 0 saturated heterocycles. The molecule has 2 aromatic carbocycles. The van der Waals surface area contributed by atoms with E-state index in [0.29, 0.717) is 6.54 Å². The summed E-state index contributed by atoms with van der Waals surface area (Å²) in [5.41, 5.74) is 13.3. The minimum atomic E-state index is 0.157. The minimum absolute atomic E-state index is 0.157. The standard InChI is InChI=1S/C21H27N3/c1-14-12-18-19(13-15(14)2)24(11-10-22)20(23-18)16-6-8-17(9-7-16)21(3,4)5/h6-9,12-13H,10-11,22H2,1-5H3. The van der Waals surface area contributed by atoms with Crippen molar-refractivity contribution >= 4 is 11.0 Å². The van der Waals surface area contributed by atoms with Gasteiger partial charge in [-0.1, -0.05) is 45.0 Å². The Bertz CT molecular complexity index is 865. The predicted octanol–water partition coefficient (Wildman–Crippen LogP) is 4.58. The average molecular weight is 321 g/mol. The van der Waals surface area contributed by atoms with Gasteiger partial charge in [0.05, 0.1) is 11.0 Å². The van der Waals surface area contributed by atoms with E-state index in [0.717, 1.165) is 23.4 Å². The Morgan fingerprint density at radius 3 is 2.21 bits per heavy atom. The van der Waals surface area contributed by atoms with Crippen LogP contribution in [0.5, 0.6) is 0 Å². The molecule has 24 heavy (non-hydrogen) atoms. The highest BCUT2D eigenvalue weighted by molar-refractivity contribution is 5.82. The molecule has 0 amide bonds. The highest BCUT2D eigenvalue weighted by atomic mass is 15.1. The lowest BCUT2D eigenvalue weighted by Crippen LogP contribution is -2.12. The van der Waals surface area contributed by atoms with Crippen molar-refractivity contribution in [3.05, 3.63) is 53.1 Å². The number of nitrogens with two attached hydrogens (primary N) is 1. The molecular formula is C21H27N3. The van der Waals surface area contributed by atoms with E-state index in [-0.39, 0.29) is 5.41 Å². The number of hydrogen-bond donors (Lipinski definition) is 1. The third kappa shape index (κ3) is 2.96. The second-order valence-corrected chi connectivity index (χ2v) is 7.63. The Morgan fingerprint density at radius 2 is 1.62 bits per heavy atom. The van der Waals surface area contributed by atoms with Crippen molar-refractivity contribution < 1.29 is 0 Å². The zero-order valence-corrected chi connectivity index (χ0v) is 15.4. The first-order valence-electron chi connectivity index (χ1n) is 8.59. The lowest BCUT2D eigenvalue weighted by Gasteiger charge is -2.19. The molecule has 0 bridgehead atoms. The van der Waals surface area contributed by atoms with E-state index in [1.165, 1.54) is 22.2 Å². The summed E-state index contributed by atoms with van der Waals surface area (Å²) in [5.74, 6) is 1.00. The van der Waals surface area contributed by atoms with E-state index in [2.05, 4.69) is 75.6 Å². The van der Waals surface area contributed by atoms with E-state index >= 15 is 0 Å². The third-order valence-corrected chi connectivity index (χ3v) is 4.73. The van der Waals surface area contributed by atoms with Gasteiger partial charge in [-0.05, 0) is 48.1 Å². The molecule has 1 aromatic heterocycles. The van der Waals surface area contributed by atoms with Crippen LogP contribution in [0.4, 0.5) is 0 Å². The van der Waals surface area contributed by atoms with Crippen LogP contribution in [0.25, 0.3) is 22.4 Å². The number of imidazole rings is 1. The highest BCUT2D eigenvalue weighted by Gasteiger charge is 2.16. The number of aryl methyl sites for hydroxylation is 2. The van der Waals surface area contributed by atoms with E-state index in [9.17, 15) is 0 Å². The van der Waals surface area contributed by atoms with Crippen molar-refractivity contribution in [1.29, 1.82) is 0 Å². The van der Waals surface area contributed by atoms with Crippen LogP contribution >= 0.6 is 0 Å². The van der Waals surface area contributed by atoms with Gasteiger partial charge in [-0.15, -0.1) is 0 Å². The zero-order chi connectivity index (χ0) is 17.5. The van der Waals surface area contributed by atoms with Gasteiger partial charge in [0.25, 0.3) is 0 Å². The summed E-state index contributed by atoms with van der Waals surface area (Å²) < 4.78 is 2.24. The summed E-state index contributed by atoms with van der Waals surface area (Å²) in [6.07, 6.45) is 0. The molecule has 2 N–H and O–H groups in total. The fraction of sp³-hybridized carbons (Fsp3) is 0.381. The number of nitrogens with zero attached hydrogens (tertiary/aromatic N) is 2. The largest absolute Gasteiger partial charge is 0.329 e. The molecule has 0 atom stereocenters. The molecule has 0 radical (unpaired) electrons. The molecular weight excluding hydrogens is 294 g/mol. The van der Waals surface area contributed by atoms with Gasteiger partial charge < -0.3 is 10.3 Å². The van der Waals surface area contributed by atoms with Crippen LogP contribution in [0, 0.1) is 13.8 Å². The molecule has 3 rings (SSSR count). The molecule has 3 aromatic rings. The van der Waals surface area contributed by atoms with E-state index in [1.54, 1.807) is 0 Å². The van der Waals surface area contributed by atoms with Gasteiger partial charge in [-0.3, -0.25) is 0 Å². The smallest absolute Gasteiger partial charge is 0.141 e. The van der Waals surface area contributed by atoms with Gasteiger partial charge in [0, 0.05) is 18.7 Å². The van der Waals surface area contributed by atoms with Gasteiger partial charge >= 0.3 is 0 Å². The van der Waals surface area contributed by atoms with Crippen LogP contribution in [0.1, 0.15) is 37.5 Å². The van der Waals surface area contributed by atoms with Crippen molar-refractivity contribution in [3.63, 3.8) is 0 Å². The molecule has 0 unspecified atom stereocenters. The third-order valence-electron chi connectivity index (χ3n) is 4.73. The molecule has 126 valence electrons. The summed E-state index contributed by atoms with van der Waals surface area (Å²) in [4.78, 5) is 4.90. The van der Waals surface area contributed by atoms with E-state index in [1.807, 2.05) is 0 Å². The Morgan fingerprint density at radius 1 is 1.00 bits per heavy atom. The first-order valence-corrected chi connectivity index (χ1v) is 8.59. The summed E-state index contributed by atoms with van der Waals surface area (Å²) in [5, 5.41) is 0. The fourth-order valence-corrected chi connectivity index (χ4v) is 3.08. The average Bonchev–Trinajstić information content (AvgIpc) is 2.85. The summed E-state index contributed by atoms with van der Waals surface area (Å²) in [6, 6.07) is 13.2. The summed E-state index contributed by atoms with van der Waals surface area (Å²) in [6.45, 7) is 12.4. The van der Waals surface area contributed by atoms with Crippen molar-refractivity contribution in [1.82, 2.24) is 9.55 Å².